The van der Waals surface area contributed by atoms with Gasteiger partial charge in [0.15, 0.2) is 0 Å². The van der Waals surface area contributed by atoms with E-state index in [1.54, 1.807) is 0 Å². The van der Waals surface area contributed by atoms with Crippen molar-refractivity contribution in [1.82, 2.24) is 10.2 Å². The molecule has 0 aromatic carbocycles. The molecule has 0 aromatic heterocycles. The number of nitrogens with one attached hydrogen (secondary N) is 1. The Morgan fingerprint density at radius 1 is 1.30 bits per heavy atom. The summed E-state index contributed by atoms with van der Waals surface area (Å²) in [6.45, 7) is 6.98. The van der Waals surface area contributed by atoms with Gasteiger partial charge in [-0.25, -0.2) is 0 Å². The van der Waals surface area contributed by atoms with Gasteiger partial charge in [0.05, 0.1) is 5.92 Å². The Bertz CT molecular complexity index is 416. The van der Waals surface area contributed by atoms with Crippen LogP contribution in [0.25, 0.3) is 0 Å². The predicted molar refractivity (Wildman–Crippen MR) is 89.7 cm³/mol. The van der Waals surface area contributed by atoms with E-state index in [4.69, 9.17) is 5.11 Å². The van der Waals surface area contributed by atoms with Crippen LogP contribution in [0.15, 0.2) is 0 Å². The molecule has 0 aromatic rings. The van der Waals surface area contributed by atoms with Gasteiger partial charge >= 0.3 is 0 Å². The Kier molecular flexibility index (Phi) is 6.45. The van der Waals surface area contributed by atoms with Crippen molar-refractivity contribution in [3.8, 4) is 0 Å². The summed E-state index contributed by atoms with van der Waals surface area (Å²) in [6.07, 6.45) is 5.39. The standard InChI is InChI=1S/C18H32N2O3/c1-12(2)16(8-9-21)19-18(23)14-10-17(22)20(11-14)15-6-4-13(3)5-7-15/h12-16,21H,4-11H2,1-3H3,(H,19,23)/t13?,14-,15?,16-/m1/s1. The molecule has 132 valence electrons. The number of rotatable bonds is 6. The van der Waals surface area contributed by atoms with Gasteiger partial charge < -0.3 is 15.3 Å². The lowest BCUT2D eigenvalue weighted by Crippen LogP contribution is -2.44. The highest BCUT2D eigenvalue weighted by atomic mass is 16.3. The molecule has 5 nitrogen and oxygen atoms in total. The number of hydrogen-bond donors (Lipinski definition) is 2. The van der Waals surface area contributed by atoms with Gasteiger partial charge in [-0.3, -0.25) is 9.59 Å². The largest absolute Gasteiger partial charge is 0.396 e. The van der Waals surface area contributed by atoms with Crippen LogP contribution in [0, 0.1) is 17.8 Å². The van der Waals surface area contributed by atoms with Crippen molar-refractivity contribution < 1.29 is 14.7 Å². The van der Waals surface area contributed by atoms with Gasteiger partial charge in [0, 0.05) is 31.7 Å². The molecular formula is C18H32N2O3. The fraction of sp³-hybridized carbons (Fsp3) is 0.889. The van der Waals surface area contributed by atoms with E-state index in [-0.39, 0.29) is 36.3 Å². The van der Waals surface area contributed by atoms with Gasteiger partial charge in [0.25, 0.3) is 0 Å². The Balaban J connectivity index is 1.89. The number of aliphatic hydroxyl groups excluding tert-OH is 1. The molecule has 5 heteroatoms. The van der Waals surface area contributed by atoms with Crippen molar-refractivity contribution in [2.24, 2.45) is 17.8 Å². The second-order valence-corrected chi connectivity index (χ2v) is 7.73. The van der Waals surface area contributed by atoms with E-state index < -0.39 is 0 Å². The molecule has 2 atom stereocenters. The Hall–Kier alpha value is -1.10. The van der Waals surface area contributed by atoms with Gasteiger partial charge in [-0.05, 0) is 43.9 Å². The number of amides is 2. The fourth-order valence-corrected chi connectivity index (χ4v) is 3.83. The maximum atomic E-state index is 12.5. The fourth-order valence-electron chi connectivity index (χ4n) is 3.83. The lowest BCUT2D eigenvalue weighted by molar-refractivity contribution is -0.131. The number of carbonyl (C=O) groups is 2. The van der Waals surface area contributed by atoms with Crippen molar-refractivity contribution in [1.29, 1.82) is 0 Å². The van der Waals surface area contributed by atoms with E-state index >= 15 is 0 Å². The van der Waals surface area contributed by atoms with E-state index in [2.05, 4.69) is 12.2 Å². The average Bonchev–Trinajstić information content (AvgIpc) is 2.89. The zero-order valence-corrected chi connectivity index (χ0v) is 14.8. The molecule has 2 rings (SSSR count). The minimum absolute atomic E-state index is 0.0211. The Morgan fingerprint density at radius 2 is 1.96 bits per heavy atom. The van der Waals surface area contributed by atoms with Gasteiger partial charge in [0.1, 0.15) is 0 Å². The lowest BCUT2D eigenvalue weighted by atomic mass is 9.86. The predicted octanol–water partition coefficient (Wildman–Crippen LogP) is 1.94. The average molecular weight is 324 g/mol. The Labute approximate surface area is 139 Å². The molecule has 1 aliphatic carbocycles. The summed E-state index contributed by atoms with van der Waals surface area (Å²) >= 11 is 0. The van der Waals surface area contributed by atoms with Crippen molar-refractivity contribution in [2.45, 2.75) is 71.4 Å². The molecule has 2 aliphatic rings. The smallest absolute Gasteiger partial charge is 0.225 e. The summed E-state index contributed by atoms with van der Waals surface area (Å²) in [5.41, 5.74) is 0. The topological polar surface area (TPSA) is 69.6 Å². The van der Waals surface area contributed by atoms with Gasteiger partial charge in [-0.15, -0.1) is 0 Å². The Morgan fingerprint density at radius 3 is 2.52 bits per heavy atom. The van der Waals surface area contributed by atoms with Crippen LogP contribution in [0.5, 0.6) is 0 Å². The summed E-state index contributed by atoms with van der Waals surface area (Å²) in [7, 11) is 0. The zero-order chi connectivity index (χ0) is 17.0. The maximum Gasteiger partial charge on any atom is 0.225 e. The molecule has 0 spiro atoms. The first-order valence-corrected chi connectivity index (χ1v) is 9.13. The molecule has 0 radical (unpaired) electrons. The first-order valence-electron chi connectivity index (χ1n) is 9.13. The van der Waals surface area contributed by atoms with Crippen LogP contribution in [0.2, 0.25) is 0 Å². The van der Waals surface area contributed by atoms with Gasteiger partial charge in [-0.2, -0.15) is 0 Å². The highest BCUT2D eigenvalue weighted by Gasteiger charge is 2.39. The first kappa shape index (κ1) is 18.2. The normalized spacial score (nSPS) is 29.9. The van der Waals surface area contributed by atoms with Crippen LogP contribution >= 0.6 is 0 Å². The van der Waals surface area contributed by atoms with Crippen LogP contribution in [-0.4, -0.2) is 47.1 Å². The summed E-state index contributed by atoms with van der Waals surface area (Å²) in [4.78, 5) is 26.8. The molecule has 2 N–H and O–H groups in total. The minimum Gasteiger partial charge on any atom is -0.396 e. The molecule has 1 aliphatic heterocycles. The van der Waals surface area contributed by atoms with E-state index in [1.165, 1.54) is 12.8 Å². The first-order chi connectivity index (χ1) is 10.9. The number of nitrogens with zero attached hydrogens (tertiary/aromatic N) is 1. The van der Waals surface area contributed by atoms with E-state index in [1.807, 2.05) is 18.7 Å². The van der Waals surface area contributed by atoms with Gasteiger partial charge in [-0.1, -0.05) is 20.8 Å². The highest BCUT2D eigenvalue weighted by Crippen LogP contribution is 2.31. The van der Waals surface area contributed by atoms with Crippen molar-refractivity contribution in [3.63, 3.8) is 0 Å². The second-order valence-electron chi connectivity index (χ2n) is 7.73. The quantitative estimate of drug-likeness (QED) is 0.784. The van der Waals surface area contributed by atoms with Crippen LogP contribution < -0.4 is 5.32 Å². The zero-order valence-electron chi connectivity index (χ0n) is 14.8. The van der Waals surface area contributed by atoms with Crippen LogP contribution in [0.4, 0.5) is 0 Å². The molecule has 1 saturated carbocycles. The summed E-state index contributed by atoms with van der Waals surface area (Å²) in [6, 6.07) is 0.307. The minimum atomic E-state index is -0.234. The van der Waals surface area contributed by atoms with Crippen molar-refractivity contribution >= 4 is 11.8 Å². The van der Waals surface area contributed by atoms with E-state index in [0.717, 1.165) is 18.8 Å². The third-order valence-corrected chi connectivity index (χ3v) is 5.53. The molecular weight excluding hydrogens is 292 g/mol. The third kappa shape index (κ3) is 4.69. The van der Waals surface area contributed by atoms with Gasteiger partial charge in [0.2, 0.25) is 11.8 Å². The van der Waals surface area contributed by atoms with E-state index in [0.29, 0.717) is 25.4 Å². The number of carbonyl (C=O) groups excluding carboxylic acids is 2. The summed E-state index contributed by atoms with van der Waals surface area (Å²) in [5, 5.41) is 12.2. The van der Waals surface area contributed by atoms with E-state index in [9.17, 15) is 9.59 Å². The third-order valence-electron chi connectivity index (χ3n) is 5.53. The molecule has 1 heterocycles. The second kappa shape index (κ2) is 8.13. The molecule has 0 bridgehead atoms. The molecule has 0 unspecified atom stereocenters. The van der Waals surface area contributed by atoms with Crippen LogP contribution in [0.1, 0.15) is 59.3 Å². The van der Waals surface area contributed by atoms with Crippen molar-refractivity contribution in [3.05, 3.63) is 0 Å². The number of aliphatic hydroxyl groups is 1. The lowest BCUT2D eigenvalue weighted by Gasteiger charge is -2.33. The van der Waals surface area contributed by atoms with Crippen molar-refractivity contribution in [2.75, 3.05) is 13.2 Å². The molecule has 2 amide bonds. The SMILES string of the molecule is CC1CCC(N2C[C@H](C(=O)N[C@H](CCO)C(C)C)CC2=O)CC1. The summed E-state index contributed by atoms with van der Waals surface area (Å²) in [5.74, 6) is 0.902. The highest BCUT2D eigenvalue weighted by molar-refractivity contribution is 5.89. The number of hydrogen-bond acceptors (Lipinski definition) is 3. The monoisotopic (exact) mass is 324 g/mol. The molecule has 2 fully saturated rings. The molecule has 23 heavy (non-hydrogen) atoms. The number of likely N-dealkylation sites (tertiary alicyclic amines) is 1. The van der Waals surface area contributed by atoms with Crippen LogP contribution in [-0.2, 0) is 9.59 Å². The molecule has 1 saturated heterocycles. The maximum absolute atomic E-state index is 12.5. The summed E-state index contributed by atoms with van der Waals surface area (Å²) < 4.78 is 0. The van der Waals surface area contributed by atoms with Crippen LogP contribution in [0.3, 0.4) is 0 Å².